The average molecular weight is 454 g/mol. The summed E-state index contributed by atoms with van der Waals surface area (Å²) in [5.74, 6) is 0.591. The highest BCUT2D eigenvalue weighted by Crippen LogP contribution is 2.33. The largest absolute Gasteiger partial charge is 0.489 e. The van der Waals surface area contributed by atoms with Crippen molar-refractivity contribution in [3.8, 4) is 5.75 Å². The van der Waals surface area contributed by atoms with Gasteiger partial charge in [0.2, 0.25) is 5.91 Å². The van der Waals surface area contributed by atoms with Crippen molar-refractivity contribution in [3.63, 3.8) is 0 Å². The number of nitrogens with zero attached hydrogens (tertiary/aromatic N) is 1. The third-order valence-corrected chi connectivity index (χ3v) is 7.78. The predicted octanol–water partition coefficient (Wildman–Crippen LogP) is 3.28. The highest BCUT2D eigenvalue weighted by atomic mass is 16.5. The fourth-order valence-corrected chi connectivity index (χ4v) is 5.98. The van der Waals surface area contributed by atoms with E-state index in [4.69, 9.17) is 9.47 Å². The lowest BCUT2D eigenvalue weighted by Gasteiger charge is -2.35. The molecular weight excluding hydrogens is 418 g/mol. The maximum absolute atomic E-state index is 13.0. The monoisotopic (exact) mass is 453 g/mol. The molecule has 2 aliphatic carbocycles. The summed E-state index contributed by atoms with van der Waals surface area (Å²) in [6, 6.07) is 6.02. The zero-order valence-corrected chi connectivity index (χ0v) is 19.5. The minimum absolute atomic E-state index is 0.0757. The molecule has 2 aliphatic heterocycles. The first-order valence-electron chi connectivity index (χ1n) is 12.4. The molecular formula is C26H35N3O4. The molecule has 5 atom stereocenters. The molecule has 7 heteroatoms. The van der Waals surface area contributed by atoms with Crippen LogP contribution in [-0.4, -0.2) is 54.2 Å². The molecule has 1 saturated heterocycles. The van der Waals surface area contributed by atoms with Crippen LogP contribution in [0.1, 0.15) is 73.7 Å². The second-order valence-electron chi connectivity index (χ2n) is 9.92. The number of nitrogens with one attached hydrogen (secondary N) is 2. The lowest BCUT2D eigenvalue weighted by molar-refractivity contribution is -0.126. The highest BCUT2D eigenvalue weighted by Gasteiger charge is 2.39. The molecule has 7 nitrogen and oxygen atoms in total. The Morgan fingerprint density at radius 3 is 2.61 bits per heavy atom. The number of benzene rings is 1. The van der Waals surface area contributed by atoms with Gasteiger partial charge in [0.05, 0.1) is 6.10 Å². The lowest BCUT2D eigenvalue weighted by atomic mass is 9.91. The second-order valence-corrected chi connectivity index (χ2v) is 9.92. The van der Waals surface area contributed by atoms with Gasteiger partial charge in [0.25, 0.3) is 5.91 Å². The standard InChI is InChI=1S/C26H35N3O4/c1-16-10-13-22(25(30)27-16)29-15-17-14-18(11-12-19(17)26(29)31)33-24-8-4-3-6-21(24)28-20-7-5-9-23(20)32-2/h11-12,14,20-24,28H,1,3-10,13,15H2,2H3,(H,27,30)/t20-,21-,22?,23-,24-/m0/s1. The van der Waals surface area contributed by atoms with Gasteiger partial charge in [0, 0.05) is 37.0 Å². The molecule has 1 unspecified atom stereocenters. The SMILES string of the molecule is C=C1CCC(N2Cc3cc(O[C@H]4CCCC[C@@H]4N[C@H]4CCC[C@@H]4OC)ccc3C2=O)C(=O)N1. The highest BCUT2D eigenvalue weighted by molar-refractivity contribution is 6.01. The van der Waals surface area contributed by atoms with Crippen LogP contribution in [0.15, 0.2) is 30.5 Å². The third-order valence-electron chi connectivity index (χ3n) is 7.78. The van der Waals surface area contributed by atoms with Crippen LogP contribution in [0.3, 0.4) is 0 Å². The number of hydrogen-bond donors (Lipinski definition) is 2. The van der Waals surface area contributed by atoms with Crippen LogP contribution in [0.5, 0.6) is 5.75 Å². The molecule has 0 bridgehead atoms. The van der Waals surface area contributed by atoms with Crippen LogP contribution < -0.4 is 15.4 Å². The number of ether oxygens (including phenoxy) is 2. The Balaban J connectivity index is 1.26. The van der Waals surface area contributed by atoms with E-state index in [9.17, 15) is 9.59 Å². The van der Waals surface area contributed by atoms with Crippen LogP contribution in [-0.2, 0) is 16.1 Å². The summed E-state index contributed by atoms with van der Waals surface area (Å²) in [5.41, 5.74) is 2.33. The van der Waals surface area contributed by atoms with Crippen molar-refractivity contribution in [1.82, 2.24) is 15.5 Å². The molecule has 5 rings (SSSR count). The zero-order chi connectivity index (χ0) is 22.9. The van der Waals surface area contributed by atoms with Gasteiger partial charge in [-0.25, -0.2) is 0 Å². The zero-order valence-electron chi connectivity index (χ0n) is 19.5. The molecule has 2 N–H and O–H groups in total. The van der Waals surface area contributed by atoms with Crippen LogP contribution in [0, 0.1) is 0 Å². The van der Waals surface area contributed by atoms with E-state index in [2.05, 4.69) is 17.2 Å². The van der Waals surface area contributed by atoms with E-state index < -0.39 is 6.04 Å². The minimum atomic E-state index is -0.438. The number of fused-ring (bicyclic) bond motifs is 1. The van der Waals surface area contributed by atoms with Gasteiger partial charge in [-0.05, 0) is 75.1 Å². The average Bonchev–Trinajstić information content (AvgIpc) is 3.39. The molecule has 33 heavy (non-hydrogen) atoms. The van der Waals surface area contributed by atoms with Crippen LogP contribution in [0.25, 0.3) is 0 Å². The molecule has 178 valence electrons. The number of rotatable bonds is 6. The van der Waals surface area contributed by atoms with Crippen molar-refractivity contribution in [3.05, 3.63) is 41.6 Å². The smallest absolute Gasteiger partial charge is 0.255 e. The van der Waals surface area contributed by atoms with Gasteiger partial charge in [0.15, 0.2) is 0 Å². The van der Waals surface area contributed by atoms with E-state index in [0.29, 0.717) is 43.1 Å². The van der Waals surface area contributed by atoms with Gasteiger partial charge >= 0.3 is 0 Å². The maximum Gasteiger partial charge on any atom is 0.255 e. The summed E-state index contributed by atoms with van der Waals surface area (Å²) >= 11 is 0. The number of methoxy groups -OCH3 is 1. The number of hydrogen-bond acceptors (Lipinski definition) is 5. The summed E-state index contributed by atoms with van der Waals surface area (Å²) in [7, 11) is 1.81. The van der Waals surface area contributed by atoms with Gasteiger partial charge in [-0.3, -0.25) is 9.59 Å². The number of carbonyl (C=O) groups excluding carboxylic acids is 2. The summed E-state index contributed by atoms with van der Waals surface area (Å²) in [4.78, 5) is 27.1. The molecule has 0 spiro atoms. The molecule has 0 radical (unpaired) electrons. The van der Waals surface area contributed by atoms with Gasteiger partial charge < -0.3 is 25.0 Å². The molecule has 1 aromatic carbocycles. The molecule has 4 aliphatic rings. The summed E-state index contributed by atoms with van der Waals surface area (Å²) in [6.45, 7) is 4.28. The summed E-state index contributed by atoms with van der Waals surface area (Å²) in [6.07, 6.45) is 9.71. The Kier molecular flexibility index (Phi) is 6.43. The Bertz CT molecular complexity index is 932. The van der Waals surface area contributed by atoms with Crippen molar-refractivity contribution in [2.24, 2.45) is 0 Å². The first-order chi connectivity index (χ1) is 16.0. The van der Waals surface area contributed by atoms with Crippen molar-refractivity contribution < 1.29 is 19.1 Å². The third kappa shape index (κ3) is 4.53. The first kappa shape index (κ1) is 22.4. The first-order valence-corrected chi connectivity index (χ1v) is 12.4. The van der Waals surface area contributed by atoms with E-state index in [1.807, 2.05) is 25.3 Å². The second kappa shape index (κ2) is 9.47. The molecule has 2 saturated carbocycles. The van der Waals surface area contributed by atoms with E-state index in [1.54, 1.807) is 4.90 Å². The van der Waals surface area contributed by atoms with Crippen molar-refractivity contribution in [1.29, 1.82) is 0 Å². The number of carbonyl (C=O) groups is 2. The number of piperidine rings is 1. The molecule has 2 heterocycles. The Morgan fingerprint density at radius 1 is 1.03 bits per heavy atom. The van der Waals surface area contributed by atoms with Crippen LogP contribution in [0.2, 0.25) is 0 Å². The fourth-order valence-electron chi connectivity index (χ4n) is 5.98. The van der Waals surface area contributed by atoms with Crippen LogP contribution >= 0.6 is 0 Å². The summed E-state index contributed by atoms with van der Waals surface area (Å²) in [5, 5.41) is 6.64. The van der Waals surface area contributed by atoms with Crippen LogP contribution in [0.4, 0.5) is 0 Å². The molecule has 3 fully saturated rings. The van der Waals surface area contributed by atoms with Gasteiger partial charge in [-0.15, -0.1) is 0 Å². The quantitative estimate of drug-likeness (QED) is 0.691. The van der Waals surface area contributed by atoms with E-state index >= 15 is 0 Å². The molecule has 0 aromatic heterocycles. The lowest BCUT2D eigenvalue weighted by Crippen LogP contribution is -2.51. The minimum Gasteiger partial charge on any atom is -0.489 e. The van der Waals surface area contributed by atoms with Crippen molar-refractivity contribution >= 4 is 11.8 Å². The van der Waals surface area contributed by atoms with E-state index in [0.717, 1.165) is 42.7 Å². The van der Waals surface area contributed by atoms with E-state index in [-0.39, 0.29) is 17.9 Å². The Hall–Kier alpha value is -2.38. The topological polar surface area (TPSA) is 79.9 Å². The molecule has 1 aromatic rings. The number of amides is 2. The van der Waals surface area contributed by atoms with Crippen molar-refractivity contribution in [2.45, 2.75) is 94.7 Å². The Morgan fingerprint density at radius 2 is 1.79 bits per heavy atom. The van der Waals surface area contributed by atoms with Gasteiger partial charge in [-0.2, -0.15) is 0 Å². The number of allylic oxidation sites excluding steroid dienone is 1. The van der Waals surface area contributed by atoms with E-state index in [1.165, 1.54) is 19.3 Å². The predicted molar refractivity (Wildman–Crippen MR) is 125 cm³/mol. The summed E-state index contributed by atoms with van der Waals surface area (Å²) < 4.78 is 12.2. The maximum atomic E-state index is 13.0. The molecule has 2 amide bonds. The van der Waals surface area contributed by atoms with Gasteiger partial charge in [-0.1, -0.05) is 13.0 Å². The Labute approximate surface area is 195 Å². The van der Waals surface area contributed by atoms with Gasteiger partial charge in [0.1, 0.15) is 17.9 Å². The van der Waals surface area contributed by atoms with Crippen molar-refractivity contribution in [2.75, 3.05) is 7.11 Å². The normalized spacial score (nSPS) is 32.1. The fraction of sp³-hybridized carbons (Fsp3) is 0.615.